The highest BCUT2D eigenvalue weighted by atomic mass is 16.2. The molecule has 0 bridgehead atoms. The molecule has 2 saturated heterocycles. The summed E-state index contributed by atoms with van der Waals surface area (Å²) in [5.74, 6) is 0.870. The Kier molecular flexibility index (Phi) is 6.30. The fraction of sp³-hybridized carbons (Fsp3) is 0.619. The van der Waals surface area contributed by atoms with Gasteiger partial charge < -0.3 is 15.5 Å². The Morgan fingerprint density at radius 3 is 2.65 bits per heavy atom. The molecule has 3 unspecified atom stereocenters. The Bertz CT molecular complexity index is 619. The number of likely N-dealkylation sites (tertiary alicyclic amines) is 2. The summed E-state index contributed by atoms with van der Waals surface area (Å²) in [5, 5.41) is 0. The van der Waals surface area contributed by atoms with Crippen LogP contribution in [0.25, 0.3) is 0 Å². The van der Waals surface area contributed by atoms with Crippen LogP contribution in [0.2, 0.25) is 0 Å². The molecule has 2 heterocycles. The summed E-state index contributed by atoms with van der Waals surface area (Å²) >= 11 is 0. The van der Waals surface area contributed by atoms with E-state index < -0.39 is 0 Å². The van der Waals surface area contributed by atoms with E-state index in [4.69, 9.17) is 5.73 Å². The summed E-state index contributed by atoms with van der Waals surface area (Å²) in [4.78, 5) is 29.6. The predicted octanol–water partition coefficient (Wildman–Crippen LogP) is 2.05. The molecule has 3 rings (SSSR count). The first kappa shape index (κ1) is 18.9. The molecule has 1 aromatic rings. The molecule has 2 N–H and O–H groups in total. The van der Waals surface area contributed by atoms with Crippen molar-refractivity contribution in [2.24, 2.45) is 17.6 Å². The number of hydrogen-bond acceptors (Lipinski definition) is 3. The van der Waals surface area contributed by atoms with Crippen molar-refractivity contribution in [1.29, 1.82) is 0 Å². The van der Waals surface area contributed by atoms with E-state index in [2.05, 4.69) is 6.92 Å². The zero-order valence-corrected chi connectivity index (χ0v) is 15.8. The van der Waals surface area contributed by atoms with Gasteiger partial charge in [0.1, 0.15) is 0 Å². The van der Waals surface area contributed by atoms with Crippen LogP contribution in [0.4, 0.5) is 0 Å². The molecule has 0 radical (unpaired) electrons. The molecule has 1 aromatic carbocycles. The second kappa shape index (κ2) is 8.67. The Morgan fingerprint density at radius 2 is 1.92 bits per heavy atom. The number of piperidine rings is 2. The summed E-state index contributed by atoms with van der Waals surface area (Å²) in [5.41, 5.74) is 6.95. The summed E-state index contributed by atoms with van der Waals surface area (Å²) in [6, 6.07) is 9.97. The molecule has 2 aliphatic rings. The maximum absolute atomic E-state index is 13.1. The van der Waals surface area contributed by atoms with Crippen molar-refractivity contribution in [3.8, 4) is 0 Å². The van der Waals surface area contributed by atoms with Gasteiger partial charge in [-0.15, -0.1) is 0 Å². The standard InChI is InChI=1S/C21H31N3O2/c1-16-9-11-24(19(12-16)14-22)21(26)18-8-5-10-23(15-18)20(25)13-17-6-3-2-4-7-17/h2-4,6-7,16,18-19H,5,8-15,22H2,1H3. The molecular formula is C21H31N3O2. The lowest BCUT2D eigenvalue weighted by atomic mass is 9.89. The molecule has 2 aliphatic heterocycles. The molecular weight excluding hydrogens is 326 g/mol. The Morgan fingerprint density at radius 1 is 1.15 bits per heavy atom. The number of rotatable bonds is 4. The average Bonchev–Trinajstić information content (AvgIpc) is 2.68. The van der Waals surface area contributed by atoms with E-state index in [-0.39, 0.29) is 23.8 Å². The zero-order chi connectivity index (χ0) is 18.5. The minimum absolute atomic E-state index is 0.0778. The fourth-order valence-electron chi connectivity index (χ4n) is 4.29. The van der Waals surface area contributed by atoms with Gasteiger partial charge in [0.15, 0.2) is 0 Å². The van der Waals surface area contributed by atoms with Gasteiger partial charge >= 0.3 is 0 Å². The molecule has 5 heteroatoms. The number of nitrogens with two attached hydrogens (primary N) is 1. The Labute approximate surface area is 156 Å². The number of hydrogen-bond donors (Lipinski definition) is 1. The molecule has 0 aromatic heterocycles. The largest absolute Gasteiger partial charge is 0.342 e. The molecule has 0 saturated carbocycles. The normalized spacial score (nSPS) is 26.6. The van der Waals surface area contributed by atoms with Gasteiger partial charge in [-0.3, -0.25) is 9.59 Å². The third kappa shape index (κ3) is 4.44. The van der Waals surface area contributed by atoms with Crippen molar-refractivity contribution in [3.05, 3.63) is 35.9 Å². The number of carbonyl (C=O) groups excluding carboxylic acids is 2. The lowest BCUT2D eigenvalue weighted by molar-refractivity contribution is -0.143. The van der Waals surface area contributed by atoms with Gasteiger partial charge in [-0.2, -0.15) is 0 Å². The van der Waals surface area contributed by atoms with Crippen molar-refractivity contribution in [3.63, 3.8) is 0 Å². The second-order valence-electron chi connectivity index (χ2n) is 7.89. The van der Waals surface area contributed by atoms with E-state index >= 15 is 0 Å². The number of benzene rings is 1. The monoisotopic (exact) mass is 357 g/mol. The van der Waals surface area contributed by atoms with E-state index in [1.165, 1.54) is 0 Å². The Hall–Kier alpha value is -1.88. The minimum atomic E-state index is -0.0778. The maximum Gasteiger partial charge on any atom is 0.227 e. The third-order valence-electron chi connectivity index (χ3n) is 5.85. The van der Waals surface area contributed by atoms with Crippen LogP contribution in [-0.2, 0) is 16.0 Å². The predicted molar refractivity (Wildman–Crippen MR) is 102 cm³/mol. The second-order valence-corrected chi connectivity index (χ2v) is 7.89. The zero-order valence-electron chi connectivity index (χ0n) is 15.8. The van der Waals surface area contributed by atoms with Gasteiger partial charge in [0.25, 0.3) is 0 Å². The third-order valence-corrected chi connectivity index (χ3v) is 5.85. The quantitative estimate of drug-likeness (QED) is 0.897. The van der Waals surface area contributed by atoms with Crippen molar-refractivity contribution >= 4 is 11.8 Å². The van der Waals surface area contributed by atoms with E-state index in [1.54, 1.807) is 0 Å². The molecule has 26 heavy (non-hydrogen) atoms. The van der Waals surface area contributed by atoms with Crippen LogP contribution in [0.5, 0.6) is 0 Å². The highest BCUT2D eigenvalue weighted by molar-refractivity contribution is 5.82. The van der Waals surface area contributed by atoms with Crippen LogP contribution in [-0.4, -0.2) is 53.8 Å². The molecule has 5 nitrogen and oxygen atoms in total. The molecule has 2 fully saturated rings. The molecule has 3 atom stereocenters. The van der Waals surface area contributed by atoms with Gasteiger partial charge in [-0.1, -0.05) is 37.3 Å². The van der Waals surface area contributed by atoms with Crippen LogP contribution < -0.4 is 5.73 Å². The topological polar surface area (TPSA) is 66.6 Å². The molecule has 0 aliphatic carbocycles. The first-order chi connectivity index (χ1) is 12.6. The van der Waals surface area contributed by atoms with Crippen LogP contribution in [0, 0.1) is 11.8 Å². The fourth-order valence-corrected chi connectivity index (χ4v) is 4.29. The van der Waals surface area contributed by atoms with Gasteiger partial charge in [-0.25, -0.2) is 0 Å². The van der Waals surface area contributed by atoms with E-state index in [1.807, 2.05) is 40.1 Å². The van der Waals surface area contributed by atoms with Crippen molar-refractivity contribution in [2.45, 2.75) is 45.1 Å². The van der Waals surface area contributed by atoms with Crippen molar-refractivity contribution in [2.75, 3.05) is 26.2 Å². The van der Waals surface area contributed by atoms with E-state index in [9.17, 15) is 9.59 Å². The van der Waals surface area contributed by atoms with Gasteiger partial charge in [-0.05, 0) is 37.2 Å². The van der Waals surface area contributed by atoms with Crippen LogP contribution in [0.1, 0.15) is 38.2 Å². The first-order valence-corrected chi connectivity index (χ1v) is 9.90. The average molecular weight is 357 g/mol. The number of amides is 2. The van der Waals surface area contributed by atoms with Gasteiger partial charge in [0, 0.05) is 32.2 Å². The highest BCUT2D eigenvalue weighted by Crippen LogP contribution is 2.26. The van der Waals surface area contributed by atoms with Gasteiger partial charge in [0.05, 0.1) is 12.3 Å². The molecule has 0 spiro atoms. The summed E-state index contributed by atoms with van der Waals surface area (Å²) < 4.78 is 0. The highest BCUT2D eigenvalue weighted by Gasteiger charge is 2.35. The van der Waals surface area contributed by atoms with E-state index in [0.29, 0.717) is 25.4 Å². The van der Waals surface area contributed by atoms with Gasteiger partial charge in [0.2, 0.25) is 11.8 Å². The summed E-state index contributed by atoms with van der Waals surface area (Å²) in [6.07, 6.45) is 4.22. The lowest BCUT2D eigenvalue weighted by Crippen LogP contribution is -2.54. The SMILES string of the molecule is CC1CCN(C(=O)C2CCCN(C(=O)Cc3ccccc3)C2)C(CN)C1. The number of carbonyl (C=O) groups is 2. The number of nitrogens with zero attached hydrogens (tertiary/aromatic N) is 2. The maximum atomic E-state index is 13.1. The van der Waals surface area contributed by atoms with E-state index in [0.717, 1.165) is 44.3 Å². The van der Waals surface area contributed by atoms with Crippen molar-refractivity contribution in [1.82, 2.24) is 9.80 Å². The first-order valence-electron chi connectivity index (χ1n) is 9.90. The van der Waals surface area contributed by atoms with Crippen molar-refractivity contribution < 1.29 is 9.59 Å². The smallest absolute Gasteiger partial charge is 0.227 e. The Balaban J connectivity index is 1.60. The summed E-state index contributed by atoms with van der Waals surface area (Å²) in [6.45, 7) is 4.87. The summed E-state index contributed by atoms with van der Waals surface area (Å²) in [7, 11) is 0. The van der Waals surface area contributed by atoms with Crippen LogP contribution in [0.3, 0.4) is 0 Å². The minimum Gasteiger partial charge on any atom is -0.342 e. The molecule has 142 valence electrons. The lowest BCUT2D eigenvalue weighted by Gasteiger charge is -2.41. The van der Waals surface area contributed by atoms with Crippen LogP contribution >= 0.6 is 0 Å². The molecule has 2 amide bonds. The van der Waals surface area contributed by atoms with Crippen LogP contribution in [0.15, 0.2) is 30.3 Å².